The van der Waals surface area contributed by atoms with Crippen LogP contribution in [0.4, 0.5) is 0 Å². The smallest absolute Gasteiger partial charge is 0.306 e. The van der Waals surface area contributed by atoms with Gasteiger partial charge in [-0.25, -0.2) is 0 Å². The quantitative estimate of drug-likeness (QED) is 0.401. The number of fused-ring (bicyclic) bond motifs is 3. The molecule has 5 aliphatic rings. The molecule has 0 aromatic heterocycles. The van der Waals surface area contributed by atoms with E-state index in [0.717, 1.165) is 44.9 Å². The van der Waals surface area contributed by atoms with Gasteiger partial charge in [-0.1, -0.05) is 66.5 Å². The summed E-state index contributed by atoms with van der Waals surface area (Å²) in [7, 11) is 0. The fourth-order valence-corrected chi connectivity index (χ4v) is 10.6. The SMILES string of the molecule is CC(C(=O)O)[C@@H](C)C1(O)C[C@@H](C)[C@H]2CC[C@@]3(C)C4=C(C[C@@H](O1)[C@]23C)[C@@]1(C)CC[C@@H](O)C(C)(C)[C@@H]1CC4. The highest BCUT2D eigenvalue weighted by atomic mass is 16.6. The number of allylic oxidation sites excluding steroid dienone is 1. The number of rotatable bonds is 3. The Hall–Kier alpha value is -0.910. The van der Waals surface area contributed by atoms with E-state index in [9.17, 15) is 20.1 Å². The fraction of sp³-hybridized carbons (Fsp3) is 0.903. The van der Waals surface area contributed by atoms with Gasteiger partial charge in [0.1, 0.15) is 0 Å². The van der Waals surface area contributed by atoms with Crippen molar-refractivity contribution < 1.29 is 24.9 Å². The first-order valence-corrected chi connectivity index (χ1v) is 14.6. The van der Waals surface area contributed by atoms with Gasteiger partial charge in [0.15, 0.2) is 5.79 Å². The van der Waals surface area contributed by atoms with Gasteiger partial charge in [-0.05, 0) is 78.9 Å². The van der Waals surface area contributed by atoms with Crippen LogP contribution in [0.5, 0.6) is 0 Å². The zero-order valence-corrected chi connectivity index (χ0v) is 23.9. The van der Waals surface area contributed by atoms with Crippen LogP contribution >= 0.6 is 0 Å². The molecule has 0 bridgehead atoms. The summed E-state index contributed by atoms with van der Waals surface area (Å²) in [4.78, 5) is 11.9. The van der Waals surface area contributed by atoms with E-state index in [1.807, 2.05) is 6.92 Å². The molecule has 1 saturated heterocycles. The highest BCUT2D eigenvalue weighted by Gasteiger charge is 2.69. The van der Waals surface area contributed by atoms with Crippen molar-refractivity contribution in [2.75, 3.05) is 0 Å². The van der Waals surface area contributed by atoms with Crippen LogP contribution < -0.4 is 0 Å². The maximum absolute atomic E-state index is 12.1. The molecule has 36 heavy (non-hydrogen) atoms. The Morgan fingerprint density at radius 3 is 2.33 bits per heavy atom. The van der Waals surface area contributed by atoms with Gasteiger partial charge in [-0.3, -0.25) is 4.79 Å². The first kappa shape index (κ1) is 26.7. The van der Waals surface area contributed by atoms with Gasteiger partial charge in [-0.2, -0.15) is 0 Å². The Kier molecular flexibility index (Phi) is 5.97. The van der Waals surface area contributed by atoms with Crippen molar-refractivity contribution >= 4 is 5.97 Å². The van der Waals surface area contributed by atoms with Crippen LogP contribution in [0, 0.1) is 51.2 Å². The summed E-state index contributed by atoms with van der Waals surface area (Å²) in [6, 6.07) is 0. The number of carboxylic acids is 1. The molecule has 0 aromatic rings. The fourth-order valence-electron chi connectivity index (χ4n) is 10.6. The van der Waals surface area contributed by atoms with Crippen LogP contribution in [0.1, 0.15) is 107 Å². The van der Waals surface area contributed by atoms with Crippen molar-refractivity contribution in [1.82, 2.24) is 0 Å². The van der Waals surface area contributed by atoms with Crippen molar-refractivity contribution in [1.29, 1.82) is 0 Å². The number of carbonyl (C=O) groups is 1. The number of hydrogen-bond acceptors (Lipinski definition) is 4. The van der Waals surface area contributed by atoms with E-state index in [1.54, 1.807) is 18.1 Å². The van der Waals surface area contributed by atoms with Crippen LogP contribution in [0.3, 0.4) is 0 Å². The normalized spacial score (nSPS) is 51.4. The molecule has 0 spiro atoms. The number of hydrogen-bond donors (Lipinski definition) is 3. The number of carboxylic acid groups (broad SMARTS) is 1. The minimum absolute atomic E-state index is 0.0191. The second-order valence-electron chi connectivity index (χ2n) is 14.9. The van der Waals surface area contributed by atoms with Gasteiger partial charge < -0.3 is 20.1 Å². The zero-order chi connectivity index (χ0) is 26.6. The van der Waals surface area contributed by atoms with E-state index in [1.165, 1.54) is 0 Å². The van der Waals surface area contributed by atoms with E-state index >= 15 is 0 Å². The van der Waals surface area contributed by atoms with Gasteiger partial charge in [0.05, 0.1) is 18.1 Å². The van der Waals surface area contributed by atoms with E-state index < -0.39 is 23.6 Å². The van der Waals surface area contributed by atoms with Crippen molar-refractivity contribution in [3.8, 4) is 0 Å². The molecule has 0 radical (unpaired) electrons. The summed E-state index contributed by atoms with van der Waals surface area (Å²) >= 11 is 0. The molecule has 4 aliphatic carbocycles. The lowest BCUT2D eigenvalue weighted by molar-refractivity contribution is -0.286. The predicted molar refractivity (Wildman–Crippen MR) is 140 cm³/mol. The maximum atomic E-state index is 12.1. The summed E-state index contributed by atoms with van der Waals surface area (Å²) in [5.41, 5.74) is 3.03. The molecule has 0 aromatic carbocycles. The van der Waals surface area contributed by atoms with E-state index in [0.29, 0.717) is 18.3 Å². The standard InChI is InChI=1S/C31H50O5/c1-17-16-31(35,19(3)18(2)26(33)34)36-25-15-22-21(29(7)14-11-20(17)30(25,29)8)9-10-23-27(4,5)24(32)12-13-28(22,23)6/h17-20,23-25,32,35H,9-16H2,1-8H3,(H,33,34)/t17-,18?,19-,20-,23+,24-,25-,28-,29+,30+,31?/m1/s1. The van der Waals surface area contributed by atoms with Crippen LogP contribution in [0.25, 0.3) is 0 Å². The first-order valence-electron chi connectivity index (χ1n) is 14.6. The highest BCUT2D eigenvalue weighted by Crippen LogP contribution is 2.74. The monoisotopic (exact) mass is 502 g/mol. The van der Waals surface area contributed by atoms with E-state index in [-0.39, 0.29) is 39.8 Å². The van der Waals surface area contributed by atoms with Gasteiger partial charge in [0.25, 0.3) is 0 Å². The van der Waals surface area contributed by atoms with Gasteiger partial charge in [0.2, 0.25) is 0 Å². The predicted octanol–water partition coefficient (Wildman–Crippen LogP) is 6.18. The lowest BCUT2D eigenvalue weighted by Crippen LogP contribution is -2.59. The zero-order valence-electron chi connectivity index (χ0n) is 23.9. The summed E-state index contributed by atoms with van der Waals surface area (Å²) in [6.45, 7) is 17.7. The Balaban J connectivity index is 1.62. The van der Waals surface area contributed by atoms with Crippen molar-refractivity contribution in [2.45, 2.75) is 125 Å². The molecule has 3 fully saturated rings. The Morgan fingerprint density at radius 2 is 1.69 bits per heavy atom. The average Bonchev–Trinajstić information content (AvgIpc) is 3.04. The van der Waals surface area contributed by atoms with Crippen molar-refractivity contribution in [3.63, 3.8) is 0 Å². The molecule has 204 valence electrons. The molecular weight excluding hydrogens is 452 g/mol. The maximum Gasteiger partial charge on any atom is 0.306 e. The molecular formula is C31H50O5. The molecule has 5 heteroatoms. The second-order valence-corrected chi connectivity index (χ2v) is 14.9. The number of aliphatic hydroxyl groups is 2. The molecule has 3 N–H and O–H groups in total. The summed E-state index contributed by atoms with van der Waals surface area (Å²) < 4.78 is 6.91. The lowest BCUT2D eigenvalue weighted by Gasteiger charge is -2.63. The van der Waals surface area contributed by atoms with Crippen molar-refractivity contribution in [2.24, 2.45) is 51.2 Å². The lowest BCUT2D eigenvalue weighted by atomic mass is 9.43. The minimum Gasteiger partial charge on any atom is -0.481 e. The Labute approximate surface area is 218 Å². The molecule has 1 aliphatic heterocycles. The molecule has 2 unspecified atom stereocenters. The largest absolute Gasteiger partial charge is 0.481 e. The van der Waals surface area contributed by atoms with Gasteiger partial charge in [0, 0.05) is 17.8 Å². The number of aliphatic carboxylic acids is 1. The molecule has 0 amide bonds. The highest BCUT2D eigenvalue weighted by molar-refractivity contribution is 5.70. The summed E-state index contributed by atoms with van der Waals surface area (Å²) in [5.74, 6) is -2.40. The third-order valence-electron chi connectivity index (χ3n) is 13.3. The molecule has 2 saturated carbocycles. The van der Waals surface area contributed by atoms with Crippen LogP contribution in [-0.2, 0) is 9.53 Å². The molecule has 1 heterocycles. The average molecular weight is 503 g/mol. The van der Waals surface area contributed by atoms with Crippen molar-refractivity contribution in [3.05, 3.63) is 11.1 Å². The second kappa shape index (κ2) is 8.05. The topological polar surface area (TPSA) is 87.0 Å². The summed E-state index contributed by atoms with van der Waals surface area (Å²) in [6.07, 6.45) is 7.25. The first-order chi connectivity index (χ1) is 16.5. The van der Waals surface area contributed by atoms with Crippen LogP contribution in [0.15, 0.2) is 11.1 Å². The van der Waals surface area contributed by atoms with Crippen LogP contribution in [-0.4, -0.2) is 39.3 Å². The molecule has 5 nitrogen and oxygen atoms in total. The van der Waals surface area contributed by atoms with E-state index in [2.05, 4.69) is 41.5 Å². The number of ether oxygens (including phenoxy) is 1. The van der Waals surface area contributed by atoms with Crippen LogP contribution in [0.2, 0.25) is 0 Å². The minimum atomic E-state index is -1.45. The van der Waals surface area contributed by atoms with Gasteiger partial charge in [-0.15, -0.1) is 0 Å². The summed E-state index contributed by atoms with van der Waals surface area (Å²) in [5, 5.41) is 32.7. The Bertz CT molecular complexity index is 970. The number of aliphatic hydroxyl groups excluding tert-OH is 1. The third-order valence-corrected chi connectivity index (χ3v) is 13.3. The third kappa shape index (κ3) is 3.21. The molecule has 5 rings (SSSR count). The molecule has 11 atom stereocenters. The van der Waals surface area contributed by atoms with Gasteiger partial charge >= 0.3 is 5.97 Å². The van der Waals surface area contributed by atoms with E-state index in [4.69, 9.17) is 4.74 Å². The Morgan fingerprint density at radius 1 is 1.03 bits per heavy atom.